The van der Waals surface area contributed by atoms with Crippen LogP contribution in [0.15, 0.2) is 0 Å². The Morgan fingerprint density at radius 2 is 2.15 bits per heavy atom. The molecule has 0 spiro atoms. The highest BCUT2D eigenvalue weighted by Gasteiger charge is 2.24. The summed E-state index contributed by atoms with van der Waals surface area (Å²) in [7, 11) is 0. The third-order valence-electron chi connectivity index (χ3n) is 3.15. The molecule has 0 bridgehead atoms. The van der Waals surface area contributed by atoms with Crippen molar-refractivity contribution >= 4 is 27.7 Å². The molecule has 0 aromatic carbocycles. The second kappa shape index (κ2) is 5.85. The number of hydrogen-bond acceptors (Lipinski definition) is 6. The summed E-state index contributed by atoms with van der Waals surface area (Å²) in [4.78, 5) is 17.5. The van der Waals surface area contributed by atoms with Crippen LogP contribution in [0.4, 0.5) is 0 Å². The largest absolute Gasteiger partial charge is 0.462 e. The quantitative estimate of drug-likeness (QED) is 0.878. The summed E-state index contributed by atoms with van der Waals surface area (Å²) >= 11 is 1.24. The number of fused-ring (bicyclic) bond motifs is 1. The molecule has 5 nitrogen and oxygen atoms in total. The van der Waals surface area contributed by atoms with Gasteiger partial charge in [0.1, 0.15) is 4.83 Å². The Balaban J connectivity index is 2.76. The van der Waals surface area contributed by atoms with Crippen molar-refractivity contribution in [3.05, 3.63) is 22.5 Å². The number of nitrogens with zero attached hydrogens (tertiary/aromatic N) is 2. The summed E-state index contributed by atoms with van der Waals surface area (Å²) in [5, 5.41) is 10.1. The first-order valence-corrected chi connectivity index (χ1v) is 7.35. The van der Waals surface area contributed by atoms with Crippen molar-refractivity contribution < 1.29 is 14.6 Å². The number of hydrogen-bond donors (Lipinski definition) is 1. The van der Waals surface area contributed by atoms with Gasteiger partial charge < -0.3 is 9.84 Å². The van der Waals surface area contributed by atoms with Gasteiger partial charge in [-0.25, -0.2) is 9.78 Å². The third-order valence-corrected chi connectivity index (χ3v) is 3.93. The highest BCUT2D eigenvalue weighted by molar-refractivity contribution is 7.13. The monoisotopic (exact) mass is 294 g/mol. The number of esters is 1. The van der Waals surface area contributed by atoms with Crippen LogP contribution in [0.1, 0.15) is 54.0 Å². The second-order valence-corrected chi connectivity index (χ2v) is 5.59. The van der Waals surface area contributed by atoms with E-state index in [2.05, 4.69) is 9.36 Å². The van der Waals surface area contributed by atoms with E-state index in [9.17, 15) is 9.90 Å². The van der Waals surface area contributed by atoms with Crippen molar-refractivity contribution in [2.24, 2.45) is 0 Å². The van der Waals surface area contributed by atoms with Crippen LogP contribution in [0.25, 0.3) is 10.2 Å². The molecule has 1 N–H and O–H groups in total. The number of rotatable bonds is 4. The molecule has 0 saturated heterocycles. The SMILES string of the molecule is CCOC(=O)c1c(C(C)C)nc2snc(CO)c2c1C. The summed E-state index contributed by atoms with van der Waals surface area (Å²) in [5.41, 5.74) is 2.58. The standard InChI is InChI=1S/C14H18N2O3S/c1-5-19-14(18)11-8(4)10-9(6-17)16-20-13(10)15-12(11)7(2)3/h7,17H,5-6H2,1-4H3. The van der Waals surface area contributed by atoms with E-state index in [1.165, 1.54) is 11.5 Å². The van der Waals surface area contributed by atoms with E-state index < -0.39 is 0 Å². The zero-order valence-corrected chi connectivity index (χ0v) is 12.9. The van der Waals surface area contributed by atoms with Crippen molar-refractivity contribution in [2.75, 3.05) is 6.61 Å². The molecule has 2 heterocycles. The maximum absolute atomic E-state index is 12.2. The zero-order chi connectivity index (χ0) is 14.9. The molecule has 0 aliphatic rings. The average Bonchev–Trinajstić information content (AvgIpc) is 2.81. The number of carbonyl (C=O) groups is 1. The molecular formula is C14H18N2O3S. The van der Waals surface area contributed by atoms with Crippen LogP contribution < -0.4 is 0 Å². The van der Waals surface area contributed by atoms with Gasteiger partial charge in [0.2, 0.25) is 0 Å². The van der Waals surface area contributed by atoms with Gasteiger partial charge in [0.25, 0.3) is 0 Å². The Labute approximate surface area is 121 Å². The molecule has 0 aliphatic heterocycles. The molecule has 0 radical (unpaired) electrons. The van der Waals surface area contributed by atoms with Gasteiger partial charge in [-0.05, 0) is 36.9 Å². The van der Waals surface area contributed by atoms with Crippen molar-refractivity contribution in [1.82, 2.24) is 9.36 Å². The molecule has 0 fully saturated rings. The predicted octanol–water partition coefficient (Wildman–Crippen LogP) is 2.79. The highest BCUT2D eigenvalue weighted by Crippen LogP contribution is 2.32. The fourth-order valence-electron chi connectivity index (χ4n) is 2.24. The number of pyridine rings is 1. The fraction of sp³-hybridized carbons (Fsp3) is 0.500. The molecule has 0 aliphatic carbocycles. The molecule has 0 saturated carbocycles. The van der Waals surface area contributed by atoms with Crippen LogP contribution in [0, 0.1) is 6.92 Å². The fourth-order valence-corrected chi connectivity index (χ4v) is 3.08. The van der Waals surface area contributed by atoms with Gasteiger partial charge in [0, 0.05) is 5.39 Å². The first-order valence-electron chi connectivity index (χ1n) is 6.57. The molecule has 0 atom stereocenters. The maximum atomic E-state index is 12.2. The Hall–Kier alpha value is -1.53. The van der Waals surface area contributed by atoms with Crippen molar-refractivity contribution in [1.29, 1.82) is 0 Å². The first kappa shape index (κ1) is 14.9. The van der Waals surface area contributed by atoms with E-state index in [0.29, 0.717) is 17.9 Å². The molecule has 6 heteroatoms. The van der Waals surface area contributed by atoms with Gasteiger partial charge in [0.15, 0.2) is 0 Å². The number of aryl methyl sites for hydroxylation is 1. The predicted molar refractivity (Wildman–Crippen MR) is 78.1 cm³/mol. The number of aromatic nitrogens is 2. The lowest BCUT2D eigenvalue weighted by Gasteiger charge is -2.14. The van der Waals surface area contributed by atoms with Crippen LogP contribution in [0.5, 0.6) is 0 Å². The van der Waals surface area contributed by atoms with Crippen LogP contribution in [0.3, 0.4) is 0 Å². The molecule has 108 valence electrons. The van der Waals surface area contributed by atoms with Crippen LogP contribution in [-0.2, 0) is 11.3 Å². The van der Waals surface area contributed by atoms with Crippen LogP contribution in [0.2, 0.25) is 0 Å². The molecule has 0 unspecified atom stereocenters. The van der Waals surface area contributed by atoms with E-state index in [0.717, 1.165) is 21.5 Å². The number of aliphatic hydroxyl groups is 1. The van der Waals surface area contributed by atoms with E-state index in [-0.39, 0.29) is 18.5 Å². The van der Waals surface area contributed by atoms with Gasteiger partial charge in [-0.2, -0.15) is 4.37 Å². The lowest BCUT2D eigenvalue weighted by Crippen LogP contribution is -2.13. The van der Waals surface area contributed by atoms with Crippen molar-refractivity contribution in [3.63, 3.8) is 0 Å². The third kappa shape index (κ3) is 2.41. The molecule has 2 aromatic rings. The van der Waals surface area contributed by atoms with Crippen molar-refractivity contribution in [2.45, 2.75) is 40.2 Å². The maximum Gasteiger partial charge on any atom is 0.340 e. The van der Waals surface area contributed by atoms with Gasteiger partial charge in [-0.1, -0.05) is 13.8 Å². The summed E-state index contributed by atoms with van der Waals surface area (Å²) in [5.74, 6) is -0.254. The average molecular weight is 294 g/mol. The minimum absolute atomic E-state index is 0.109. The molecular weight excluding hydrogens is 276 g/mol. The second-order valence-electron chi connectivity index (χ2n) is 4.84. The van der Waals surface area contributed by atoms with Gasteiger partial charge in [-0.15, -0.1) is 0 Å². The lowest BCUT2D eigenvalue weighted by atomic mass is 9.97. The summed E-state index contributed by atoms with van der Waals surface area (Å²) in [6.45, 7) is 7.78. The number of ether oxygens (including phenoxy) is 1. The van der Waals surface area contributed by atoms with E-state index in [1.54, 1.807) is 6.92 Å². The van der Waals surface area contributed by atoms with Crippen molar-refractivity contribution in [3.8, 4) is 0 Å². The molecule has 2 aromatic heterocycles. The normalized spacial score (nSPS) is 11.3. The first-order chi connectivity index (χ1) is 9.51. The molecule has 2 rings (SSSR count). The number of aliphatic hydroxyl groups excluding tert-OH is 1. The topological polar surface area (TPSA) is 72.3 Å². The van der Waals surface area contributed by atoms with Gasteiger partial charge >= 0.3 is 5.97 Å². The van der Waals surface area contributed by atoms with Crippen LogP contribution >= 0.6 is 11.5 Å². The molecule has 0 amide bonds. The zero-order valence-electron chi connectivity index (χ0n) is 12.1. The van der Waals surface area contributed by atoms with E-state index >= 15 is 0 Å². The van der Waals surface area contributed by atoms with Gasteiger partial charge in [-0.3, -0.25) is 0 Å². The van der Waals surface area contributed by atoms with Crippen LogP contribution in [-0.4, -0.2) is 27.0 Å². The lowest BCUT2D eigenvalue weighted by molar-refractivity contribution is 0.0523. The smallest absolute Gasteiger partial charge is 0.340 e. The highest BCUT2D eigenvalue weighted by atomic mass is 32.1. The van der Waals surface area contributed by atoms with Gasteiger partial charge in [0.05, 0.1) is 30.2 Å². The Kier molecular flexibility index (Phi) is 4.35. The Bertz CT molecular complexity index is 649. The van der Waals surface area contributed by atoms with E-state index in [4.69, 9.17) is 4.74 Å². The summed E-state index contributed by atoms with van der Waals surface area (Å²) in [6, 6.07) is 0. The molecule has 20 heavy (non-hydrogen) atoms. The number of carbonyl (C=O) groups excluding carboxylic acids is 1. The minimum Gasteiger partial charge on any atom is -0.462 e. The van der Waals surface area contributed by atoms with E-state index in [1.807, 2.05) is 20.8 Å². The minimum atomic E-state index is -0.363. The summed E-state index contributed by atoms with van der Waals surface area (Å²) < 4.78 is 9.34. The Morgan fingerprint density at radius 1 is 1.45 bits per heavy atom. The summed E-state index contributed by atoms with van der Waals surface area (Å²) in [6.07, 6.45) is 0. The Morgan fingerprint density at radius 3 is 2.70 bits per heavy atom.